The Hall–Kier alpha value is -0.940. The second kappa shape index (κ2) is 9.88. The average Bonchev–Trinajstić information content (AvgIpc) is 2.47. The van der Waals surface area contributed by atoms with Crippen LogP contribution in [0, 0.1) is 6.92 Å². The predicted molar refractivity (Wildman–Crippen MR) is 80.9 cm³/mol. The van der Waals surface area contributed by atoms with Crippen LogP contribution in [0.15, 0.2) is 24.3 Å². The smallest absolute Gasteiger partial charge is 0.0802 e. The fourth-order valence-corrected chi connectivity index (χ4v) is 2.04. The highest BCUT2D eigenvalue weighted by atomic mass is 16.5. The number of aliphatic hydroxyl groups is 1. The lowest BCUT2D eigenvalue weighted by Crippen LogP contribution is -2.32. The third-order valence-corrected chi connectivity index (χ3v) is 3.40. The van der Waals surface area contributed by atoms with Gasteiger partial charge >= 0.3 is 0 Å². The van der Waals surface area contributed by atoms with Crippen LogP contribution in [0.1, 0.15) is 23.7 Å². The average molecular weight is 281 g/mol. The molecule has 1 aromatic carbocycles. The first-order valence-electron chi connectivity index (χ1n) is 7.12. The monoisotopic (exact) mass is 281 g/mol. The number of hydrogen-bond acceptors (Lipinski definition) is 4. The van der Waals surface area contributed by atoms with Gasteiger partial charge in [0.05, 0.1) is 19.3 Å². The Morgan fingerprint density at radius 1 is 1.00 bits per heavy atom. The molecule has 0 amide bonds. The minimum atomic E-state index is -0.414. The van der Waals surface area contributed by atoms with E-state index in [1.54, 1.807) is 14.2 Å². The molecule has 0 bridgehead atoms. The molecular formula is C16H27NO3. The summed E-state index contributed by atoms with van der Waals surface area (Å²) in [4.78, 5) is 2.25. The number of rotatable bonds is 10. The zero-order valence-electron chi connectivity index (χ0n) is 12.8. The van der Waals surface area contributed by atoms with Crippen molar-refractivity contribution < 1.29 is 14.6 Å². The van der Waals surface area contributed by atoms with Crippen LogP contribution in [-0.2, 0) is 9.47 Å². The molecule has 1 N–H and O–H groups in total. The predicted octanol–water partition coefficient (Wildman–Crippen LogP) is 2.01. The molecular weight excluding hydrogens is 254 g/mol. The van der Waals surface area contributed by atoms with Crippen molar-refractivity contribution in [3.05, 3.63) is 35.4 Å². The maximum atomic E-state index is 10.2. The lowest BCUT2D eigenvalue weighted by atomic mass is 10.0. The van der Waals surface area contributed by atoms with Gasteiger partial charge < -0.3 is 14.6 Å². The first-order valence-corrected chi connectivity index (χ1v) is 7.12. The van der Waals surface area contributed by atoms with Crippen LogP contribution in [0.25, 0.3) is 0 Å². The van der Waals surface area contributed by atoms with Gasteiger partial charge in [-0.3, -0.25) is 4.90 Å². The number of aliphatic hydroxyl groups excluding tert-OH is 1. The van der Waals surface area contributed by atoms with Crippen molar-refractivity contribution in [1.29, 1.82) is 0 Å². The van der Waals surface area contributed by atoms with Crippen molar-refractivity contribution in [2.45, 2.75) is 19.4 Å². The molecule has 0 saturated carbocycles. The molecule has 0 aliphatic carbocycles. The number of ether oxygens (including phenoxy) is 2. The van der Waals surface area contributed by atoms with Crippen LogP contribution in [-0.4, -0.2) is 57.1 Å². The minimum absolute atomic E-state index is 0.414. The molecule has 1 atom stereocenters. The highest BCUT2D eigenvalue weighted by Crippen LogP contribution is 2.17. The fraction of sp³-hybridized carbons (Fsp3) is 0.625. The Balaban J connectivity index is 2.41. The van der Waals surface area contributed by atoms with E-state index in [0.29, 0.717) is 13.2 Å². The molecule has 20 heavy (non-hydrogen) atoms. The van der Waals surface area contributed by atoms with Crippen LogP contribution in [0.3, 0.4) is 0 Å². The van der Waals surface area contributed by atoms with Gasteiger partial charge in [0.25, 0.3) is 0 Å². The second-order valence-corrected chi connectivity index (χ2v) is 5.04. The third-order valence-electron chi connectivity index (χ3n) is 3.40. The van der Waals surface area contributed by atoms with Crippen LogP contribution < -0.4 is 0 Å². The molecule has 1 rings (SSSR count). The van der Waals surface area contributed by atoms with Crippen molar-refractivity contribution in [1.82, 2.24) is 4.90 Å². The maximum Gasteiger partial charge on any atom is 0.0802 e. The Labute approximate surface area is 122 Å². The van der Waals surface area contributed by atoms with E-state index in [4.69, 9.17) is 9.47 Å². The van der Waals surface area contributed by atoms with E-state index in [1.807, 2.05) is 31.2 Å². The molecule has 1 aromatic rings. The summed E-state index contributed by atoms with van der Waals surface area (Å²) in [5, 5.41) is 10.2. The zero-order valence-corrected chi connectivity index (χ0v) is 12.8. The van der Waals surface area contributed by atoms with Crippen molar-refractivity contribution in [3.63, 3.8) is 0 Å². The molecule has 0 radical (unpaired) electrons. The topological polar surface area (TPSA) is 41.9 Å². The second-order valence-electron chi connectivity index (χ2n) is 5.04. The number of benzene rings is 1. The van der Waals surface area contributed by atoms with Gasteiger partial charge in [-0.2, -0.15) is 0 Å². The van der Waals surface area contributed by atoms with Gasteiger partial charge in [-0.25, -0.2) is 0 Å². The molecule has 0 aliphatic heterocycles. The van der Waals surface area contributed by atoms with E-state index in [1.165, 1.54) is 5.56 Å². The van der Waals surface area contributed by atoms with Gasteiger partial charge in [-0.15, -0.1) is 0 Å². The Bertz CT molecular complexity index is 345. The van der Waals surface area contributed by atoms with Crippen molar-refractivity contribution >= 4 is 0 Å². The van der Waals surface area contributed by atoms with E-state index in [-0.39, 0.29) is 0 Å². The van der Waals surface area contributed by atoms with E-state index in [2.05, 4.69) is 4.90 Å². The van der Waals surface area contributed by atoms with Gasteiger partial charge in [0, 0.05) is 33.9 Å². The largest absolute Gasteiger partial charge is 0.388 e. The highest BCUT2D eigenvalue weighted by Gasteiger charge is 2.11. The molecule has 0 heterocycles. The molecule has 0 aliphatic rings. The first-order chi connectivity index (χ1) is 9.67. The quantitative estimate of drug-likeness (QED) is 0.712. The molecule has 0 saturated heterocycles. The van der Waals surface area contributed by atoms with Gasteiger partial charge in [0.15, 0.2) is 0 Å². The zero-order chi connectivity index (χ0) is 14.8. The Kier molecular flexibility index (Phi) is 8.46. The third kappa shape index (κ3) is 6.48. The SMILES string of the molecule is COCCN(CCOC)CCC(O)c1ccc(C)cc1. The summed E-state index contributed by atoms with van der Waals surface area (Å²) >= 11 is 0. The lowest BCUT2D eigenvalue weighted by Gasteiger charge is -2.23. The minimum Gasteiger partial charge on any atom is -0.388 e. The van der Waals surface area contributed by atoms with E-state index in [0.717, 1.165) is 31.6 Å². The number of aryl methyl sites for hydroxylation is 1. The molecule has 114 valence electrons. The van der Waals surface area contributed by atoms with E-state index < -0.39 is 6.10 Å². The van der Waals surface area contributed by atoms with E-state index in [9.17, 15) is 5.11 Å². The number of nitrogens with zero attached hydrogens (tertiary/aromatic N) is 1. The van der Waals surface area contributed by atoms with Gasteiger partial charge in [0.1, 0.15) is 0 Å². The highest BCUT2D eigenvalue weighted by molar-refractivity contribution is 5.22. The normalized spacial score (nSPS) is 12.8. The molecule has 0 aromatic heterocycles. The molecule has 4 nitrogen and oxygen atoms in total. The molecule has 1 unspecified atom stereocenters. The Morgan fingerprint density at radius 2 is 1.55 bits per heavy atom. The van der Waals surface area contributed by atoms with Crippen molar-refractivity contribution in [3.8, 4) is 0 Å². The van der Waals surface area contributed by atoms with Crippen LogP contribution in [0.2, 0.25) is 0 Å². The summed E-state index contributed by atoms with van der Waals surface area (Å²) in [5.41, 5.74) is 2.19. The van der Waals surface area contributed by atoms with Crippen molar-refractivity contribution in [2.24, 2.45) is 0 Å². The molecule has 0 spiro atoms. The number of hydrogen-bond donors (Lipinski definition) is 1. The summed E-state index contributed by atoms with van der Waals surface area (Å²) in [6.45, 7) is 6.00. The lowest BCUT2D eigenvalue weighted by molar-refractivity contribution is 0.0945. The summed E-state index contributed by atoms with van der Waals surface area (Å²) in [6, 6.07) is 8.06. The summed E-state index contributed by atoms with van der Waals surface area (Å²) in [5.74, 6) is 0. The van der Waals surface area contributed by atoms with Crippen LogP contribution in [0.5, 0.6) is 0 Å². The fourth-order valence-electron chi connectivity index (χ4n) is 2.04. The van der Waals surface area contributed by atoms with Crippen LogP contribution in [0.4, 0.5) is 0 Å². The van der Waals surface area contributed by atoms with Gasteiger partial charge in [0.2, 0.25) is 0 Å². The summed E-state index contributed by atoms with van der Waals surface area (Å²) < 4.78 is 10.2. The van der Waals surface area contributed by atoms with Crippen molar-refractivity contribution in [2.75, 3.05) is 47.1 Å². The van der Waals surface area contributed by atoms with E-state index >= 15 is 0 Å². The van der Waals surface area contributed by atoms with Gasteiger partial charge in [-0.1, -0.05) is 29.8 Å². The summed E-state index contributed by atoms with van der Waals surface area (Å²) in [7, 11) is 3.41. The summed E-state index contributed by atoms with van der Waals surface area (Å²) in [6.07, 6.45) is 0.305. The molecule has 4 heteroatoms. The van der Waals surface area contributed by atoms with Crippen LogP contribution >= 0.6 is 0 Å². The maximum absolute atomic E-state index is 10.2. The number of methoxy groups -OCH3 is 2. The standard InChI is InChI=1S/C16H27NO3/c1-14-4-6-15(7-5-14)16(18)8-9-17(10-12-19-2)11-13-20-3/h4-7,16,18H,8-13H2,1-3H3. The first kappa shape index (κ1) is 17.1. The Morgan fingerprint density at radius 3 is 2.05 bits per heavy atom. The molecule has 0 fully saturated rings. The van der Waals surface area contributed by atoms with Gasteiger partial charge in [-0.05, 0) is 18.9 Å².